The molecule has 1 aliphatic carbocycles. The average Bonchev–Trinajstić information content (AvgIpc) is 3.41. The number of aryl methyl sites for hydroxylation is 1. The highest BCUT2D eigenvalue weighted by atomic mass is 32.2. The van der Waals surface area contributed by atoms with Crippen molar-refractivity contribution in [2.45, 2.75) is 52.1 Å². The molecule has 3 aliphatic rings. The van der Waals surface area contributed by atoms with Crippen molar-refractivity contribution in [2.75, 3.05) is 6.61 Å². The molecule has 7 heteroatoms. The van der Waals surface area contributed by atoms with Crippen LogP contribution < -0.4 is 5.32 Å². The predicted molar refractivity (Wildman–Crippen MR) is 114 cm³/mol. The lowest BCUT2D eigenvalue weighted by molar-refractivity contribution is -0.139. The quantitative estimate of drug-likeness (QED) is 0.721. The van der Waals surface area contributed by atoms with Crippen LogP contribution in [0.1, 0.15) is 50.3 Å². The van der Waals surface area contributed by atoms with Crippen LogP contribution in [0.4, 0.5) is 0 Å². The number of thioether (sulfide) groups is 1. The van der Waals surface area contributed by atoms with E-state index in [0.717, 1.165) is 34.8 Å². The molecule has 1 atom stereocenters. The third-order valence-electron chi connectivity index (χ3n) is 5.26. The Kier molecular flexibility index (Phi) is 5.50. The van der Waals surface area contributed by atoms with Crippen molar-refractivity contribution in [3.8, 4) is 0 Å². The van der Waals surface area contributed by atoms with E-state index >= 15 is 0 Å². The first-order valence-corrected chi connectivity index (χ1v) is 10.8. The molecule has 0 unspecified atom stereocenters. The van der Waals surface area contributed by atoms with Crippen LogP contribution in [-0.4, -0.2) is 34.6 Å². The summed E-state index contributed by atoms with van der Waals surface area (Å²) in [6.07, 6.45) is 2.37. The lowest BCUT2D eigenvalue weighted by Crippen LogP contribution is -2.38. The van der Waals surface area contributed by atoms with Crippen LogP contribution in [-0.2, 0) is 14.3 Å². The van der Waals surface area contributed by atoms with Crippen LogP contribution in [0.3, 0.4) is 0 Å². The van der Waals surface area contributed by atoms with E-state index in [0.29, 0.717) is 23.9 Å². The minimum absolute atomic E-state index is 0.00749. The van der Waals surface area contributed by atoms with Crippen molar-refractivity contribution in [1.29, 1.82) is 0 Å². The number of hydrogen-bond acceptors (Lipinski definition) is 6. The molecule has 0 saturated heterocycles. The molecule has 1 amide bonds. The first-order valence-electron chi connectivity index (χ1n) is 9.96. The van der Waals surface area contributed by atoms with Gasteiger partial charge in [0.1, 0.15) is 0 Å². The standard InChI is InChI=1S/C22H25N3O3S/c1-4-28-21(27)19-14(3)23-22-25(20(19)17-8-6-5-7-13(17)2)16(12-29-22)11-18(26)24-15-9-10-15/h5-8,12,15,20H,4,9-11H2,1-3H3,(H,24,26)/t20-/m1/s1. The summed E-state index contributed by atoms with van der Waals surface area (Å²) in [5.41, 5.74) is 4.13. The number of benzene rings is 1. The van der Waals surface area contributed by atoms with Gasteiger partial charge in [0.25, 0.3) is 0 Å². The number of nitrogens with one attached hydrogen (secondary N) is 1. The molecule has 1 aromatic rings. The van der Waals surface area contributed by atoms with Crippen LogP contribution in [0.2, 0.25) is 0 Å². The smallest absolute Gasteiger partial charge is 0.338 e. The molecule has 6 nitrogen and oxygen atoms in total. The van der Waals surface area contributed by atoms with Gasteiger partial charge in [-0.2, -0.15) is 0 Å². The summed E-state index contributed by atoms with van der Waals surface area (Å²) in [6, 6.07) is 7.97. The second-order valence-corrected chi connectivity index (χ2v) is 8.33. The first kappa shape index (κ1) is 19.8. The summed E-state index contributed by atoms with van der Waals surface area (Å²) >= 11 is 1.49. The minimum Gasteiger partial charge on any atom is -0.463 e. The van der Waals surface area contributed by atoms with Crippen LogP contribution >= 0.6 is 11.8 Å². The van der Waals surface area contributed by atoms with Crippen molar-refractivity contribution in [1.82, 2.24) is 10.2 Å². The number of fused-ring (bicyclic) bond motifs is 1. The summed E-state index contributed by atoms with van der Waals surface area (Å²) in [7, 11) is 0. The average molecular weight is 412 g/mol. The second-order valence-electron chi connectivity index (χ2n) is 7.49. The number of carbonyl (C=O) groups is 2. The minimum atomic E-state index is -0.363. The molecule has 0 aromatic heterocycles. The van der Waals surface area contributed by atoms with Crippen LogP contribution in [0.25, 0.3) is 0 Å². The fraction of sp³-hybridized carbons (Fsp3) is 0.409. The van der Waals surface area contributed by atoms with Gasteiger partial charge in [-0.15, -0.1) is 0 Å². The van der Waals surface area contributed by atoms with E-state index in [9.17, 15) is 9.59 Å². The van der Waals surface area contributed by atoms with E-state index in [1.165, 1.54) is 11.8 Å². The number of rotatable bonds is 6. The molecule has 4 rings (SSSR count). The third kappa shape index (κ3) is 3.96. The molecule has 2 aliphatic heterocycles. The lowest BCUT2D eigenvalue weighted by Gasteiger charge is -2.37. The summed E-state index contributed by atoms with van der Waals surface area (Å²) < 4.78 is 5.37. The van der Waals surface area contributed by atoms with Gasteiger partial charge < -0.3 is 15.0 Å². The number of amides is 1. The van der Waals surface area contributed by atoms with Gasteiger partial charge in [0, 0.05) is 11.7 Å². The van der Waals surface area contributed by atoms with E-state index in [-0.39, 0.29) is 24.3 Å². The van der Waals surface area contributed by atoms with E-state index in [2.05, 4.69) is 10.3 Å². The highest BCUT2D eigenvalue weighted by Crippen LogP contribution is 2.45. The van der Waals surface area contributed by atoms with Gasteiger partial charge in [-0.3, -0.25) is 4.79 Å². The lowest BCUT2D eigenvalue weighted by atomic mass is 9.91. The zero-order chi connectivity index (χ0) is 20.5. The molecular weight excluding hydrogens is 386 g/mol. The van der Waals surface area contributed by atoms with Gasteiger partial charge in [0.15, 0.2) is 5.17 Å². The predicted octanol–water partition coefficient (Wildman–Crippen LogP) is 3.80. The SMILES string of the molecule is CCOC(=O)C1=C(C)N=C2SC=C(CC(=O)NC3CC3)N2[C@@H]1c1ccccc1C. The van der Waals surface area contributed by atoms with E-state index in [1.54, 1.807) is 6.92 Å². The molecule has 1 saturated carbocycles. The van der Waals surface area contributed by atoms with Crippen molar-refractivity contribution >= 4 is 28.8 Å². The highest BCUT2D eigenvalue weighted by Gasteiger charge is 2.41. The molecule has 152 valence electrons. The molecule has 29 heavy (non-hydrogen) atoms. The molecule has 1 N–H and O–H groups in total. The Labute approximate surface area is 175 Å². The Hall–Kier alpha value is -2.54. The van der Waals surface area contributed by atoms with Crippen LogP contribution in [0.5, 0.6) is 0 Å². The summed E-state index contributed by atoms with van der Waals surface area (Å²) in [4.78, 5) is 32.1. The number of hydrogen-bond donors (Lipinski definition) is 1. The zero-order valence-electron chi connectivity index (χ0n) is 16.9. The Morgan fingerprint density at radius 3 is 2.72 bits per heavy atom. The van der Waals surface area contributed by atoms with E-state index in [4.69, 9.17) is 4.74 Å². The van der Waals surface area contributed by atoms with Gasteiger partial charge in [-0.05, 0) is 50.1 Å². The molecule has 0 radical (unpaired) electrons. The fourth-order valence-corrected chi connectivity index (χ4v) is 4.66. The number of nitrogens with zero attached hydrogens (tertiary/aromatic N) is 2. The van der Waals surface area contributed by atoms with E-state index < -0.39 is 0 Å². The normalized spacial score (nSPS) is 20.8. The second kappa shape index (κ2) is 8.06. The van der Waals surface area contributed by atoms with Gasteiger partial charge in [-0.25, -0.2) is 9.79 Å². The number of esters is 1. The summed E-state index contributed by atoms with van der Waals surface area (Å²) in [5, 5.41) is 5.81. The maximum atomic E-state index is 12.9. The maximum absolute atomic E-state index is 12.9. The number of amidine groups is 1. The summed E-state index contributed by atoms with van der Waals surface area (Å²) in [5.74, 6) is -0.354. The monoisotopic (exact) mass is 411 g/mol. The van der Waals surface area contributed by atoms with E-state index in [1.807, 2.05) is 48.4 Å². The third-order valence-corrected chi connectivity index (χ3v) is 6.15. The maximum Gasteiger partial charge on any atom is 0.338 e. The molecule has 1 aromatic carbocycles. The highest BCUT2D eigenvalue weighted by molar-refractivity contribution is 8.16. The molecule has 0 bridgehead atoms. The topological polar surface area (TPSA) is 71.0 Å². The first-order chi connectivity index (χ1) is 14.0. The number of aliphatic imine (C=N–C) groups is 1. The fourth-order valence-electron chi connectivity index (χ4n) is 3.70. The van der Waals surface area contributed by atoms with Crippen LogP contribution in [0.15, 0.2) is 51.6 Å². The number of carbonyl (C=O) groups excluding carboxylic acids is 2. The van der Waals surface area contributed by atoms with Gasteiger partial charge >= 0.3 is 5.97 Å². The summed E-state index contributed by atoms with van der Waals surface area (Å²) in [6.45, 7) is 5.98. The van der Waals surface area contributed by atoms with Gasteiger partial charge in [-0.1, -0.05) is 36.0 Å². The molecule has 1 fully saturated rings. The number of allylic oxidation sites excluding steroid dienone is 1. The Morgan fingerprint density at radius 1 is 1.28 bits per heavy atom. The van der Waals surface area contributed by atoms with Crippen molar-refractivity contribution in [3.63, 3.8) is 0 Å². The van der Waals surface area contributed by atoms with Crippen molar-refractivity contribution in [2.24, 2.45) is 4.99 Å². The van der Waals surface area contributed by atoms with Gasteiger partial charge in [0.2, 0.25) is 5.91 Å². The van der Waals surface area contributed by atoms with Crippen molar-refractivity contribution < 1.29 is 14.3 Å². The van der Waals surface area contributed by atoms with Crippen molar-refractivity contribution in [3.05, 3.63) is 57.8 Å². The largest absolute Gasteiger partial charge is 0.463 e. The molecule has 2 heterocycles. The Bertz CT molecular complexity index is 946. The Balaban J connectivity index is 1.73. The molecule has 0 spiro atoms. The number of ether oxygens (including phenoxy) is 1. The van der Waals surface area contributed by atoms with Crippen LogP contribution in [0, 0.1) is 6.92 Å². The Morgan fingerprint density at radius 2 is 2.03 bits per heavy atom. The molecular formula is C22H25N3O3S. The van der Waals surface area contributed by atoms with Gasteiger partial charge in [0.05, 0.1) is 30.3 Å². The zero-order valence-corrected chi connectivity index (χ0v) is 17.7.